The number of halogens is 3. The van der Waals surface area contributed by atoms with E-state index in [4.69, 9.17) is 0 Å². The lowest BCUT2D eigenvalue weighted by molar-refractivity contribution is -0.274. The number of nitrogens with zero attached hydrogens (tertiary/aromatic N) is 5. The van der Waals surface area contributed by atoms with Crippen molar-refractivity contribution >= 4 is 11.5 Å². The second-order valence-electron chi connectivity index (χ2n) is 5.90. The van der Waals surface area contributed by atoms with Gasteiger partial charge in [-0.15, -0.1) is 18.3 Å². The standard InChI is InChI=1S/C18H15F3N6O/c19-18(20,21)28-14-4-1-3-13(11-14)15-12-23-17-6-5-16(25-27(15)17)22-8-10-26-9-2-7-24-26/h1-7,9,11-12H,8,10H2,(H,22,25). The van der Waals surface area contributed by atoms with Gasteiger partial charge >= 0.3 is 6.36 Å². The predicted octanol–water partition coefficient (Wildman–Crippen LogP) is 3.60. The van der Waals surface area contributed by atoms with E-state index < -0.39 is 6.36 Å². The second kappa shape index (κ2) is 7.22. The van der Waals surface area contributed by atoms with Crippen LogP contribution in [0, 0.1) is 0 Å². The summed E-state index contributed by atoms with van der Waals surface area (Å²) in [6.07, 6.45) is 0.381. The fourth-order valence-electron chi connectivity index (χ4n) is 2.75. The molecule has 144 valence electrons. The fraction of sp³-hybridized carbons (Fsp3) is 0.167. The molecule has 0 bridgehead atoms. The summed E-state index contributed by atoms with van der Waals surface area (Å²) in [6.45, 7) is 1.28. The number of ether oxygens (including phenoxy) is 1. The van der Waals surface area contributed by atoms with Gasteiger partial charge in [0.25, 0.3) is 0 Å². The number of rotatable bonds is 6. The van der Waals surface area contributed by atoms with Gasteiger partial charge in [0, 0.05) is 24.5 Å². The zero-order valence-corrected chi connectivity index (χ0v) is 14.5. The highest BCUT2D eigenvalue weighted by Gasteiger charge is 2.31. The highest BCUT2D eigenvalue weighted by molar-refractivity contribution is 5.65. The van der Waals surface area contributed by atoms with E-state index in [-0.39, 0.29) is 5.75 Å². The molecule has 0 saturated heterocycles. The SMILES string of the molecule is FC(F)(F)Oc1cccc(-c2cnc3ccc(NCCn4cccn4)nn23)c1. The normalized spacial score (nSPS) is 11.7. The lowest BCUT2D eigenvalue weighted by Crippen LogP contribution is -2.17. The van der Waals surface area contributed by atoms with Crippen molar-refractivity contribution in [1.29, 1.82) is 0 Å². The van der Waals surface area contributed by atoms with Crippen molar-refractivity contribution in [2.45, 2.75) is 12.9 Å². The average Bonchev–Trinajstić information content (AvgIpc) is 3.30. The molecule has 10 heteroatoms. The van der Waals surface area contributed by atoms with E-state index in [9.17, 15) is 13.2 Å². The van der Waals surface area contributed by atoms with Gasteiger partial charge in [0.15, 0.2) is 5.65 Å². The van der Waals surface area contributed by atoms with Gasteiger partial charge in [0.2, 0.25) is 0 Å². The Morgan fingerprint density at radius 3 is 2.79 bits per heavy atom. The van der Waals surface area contributed by atoms with E-state index in [0.29, 0.717) is 35.8 Å². The molecule has 3 heterocycles. The van der Waals surface area contributed by atoms with Crippen LogP contribution < -0.4 is 10.1 Å². The Balaban J connectivity index is 1.57. The zero-order valence-electron chi connectivity index (χ0n) is 14.5. The number of benzene rings is 1. The Morgan fingerprint density at radius 2 is 2.00 bits per heavy atom. The van der Waals surface area contributed by atoms with Gasteiger partial charge in [-0.3, -0.25) is 4.68 Å². The molecular formula is C18H15F3N6O. The largest absolute Gasteiger partial charge is 0.573 e. The maximum absolute atomic E-state index is 12.5. The van der Waals surface area contributed by atoms with Crippen molar-refractivity contribution in [3.63, 3.8) is 0 Å². The average molecular weight is 388 g/mol. The predicted molar refractivity (Wildman–Crippen MR) is 95.8 cm³/mol. The molecular weight excluding hydrogens is 373 g/mol. The molecule has 1 aromatic carbocycles. The third-order valence-corrected chi connectivity index (χ3v) is 3.93. The zero-order chi connectivity index (χ0) is 19.6. The number of hydrogen-bond acceptors (Lipinski definition) is 5. The summed E-state index contributed by atoms with van der Waals surface area (Å²) in [5.74, 6) is 0.315. The first-order valence-electron chi connectivity index (χ1n) is 8.40. The quantitative estimate of drug-likeness (QED) is 0.547. The molecule has 7 nitrogen and oxygen atoms in total. The molecule has 0 saturated carbocycles. The van der Waals surface area contributed by atoms with Crippen LogP contribution in [0.5, 0.6) is 5.75 Å². The van der Waals surface area contributed by atoms with Crippen LogP contribution in [0.3, 0.4) is 0 Å². The van der Waals surface area contributed by atoms with Crippen LogP contribution in [0.25, 0.3) is 16.9 Å². The first kappa shape index (κ1) is 17.8. The highest BCUT2D eigenvalue weighted by Crippen LogP contribution is 2.28. The Kier molecular flexibility index (Phi) is 4.60. The summed E-state index contributed by atoms with van der Waals surface area (Å²) in [7, 11) is 0. The number of aromatic nitrogens is 5. The van der Waals surface area contributed by atoms with Crippen molar-refractivity contribution < 1.29 is 17.9 Å². The minimum atomic E-state index is -4.75. The van der Waals surface area contributed by atoms with Crippen LogP contribution in [0.1, 0.15) is 0 Å². The molecule has 0 aliphatic carbocycles. The lowest BCUT2D eigenvalue weighted by atomic mass is 10.1. The third kappa shape index (κ3) is 4.05. The van der Waals surface area contributed by atoms with E-state index in [0.717, 1.165) is 0 Å². The van der Waals surface area contributed by atoms with Crippen molar-refractivity contribution in [3.8, 4) is 17.0 Å². The van der Waals surface area contributed by atoms with Crippen molar-refractivity contribution in [1.82, 2.24) is 24.4 Å². The topological polar surface area (TPSA) is 69.3 Å². The molecule has 0 aliphatic rings. The van der Waals surface area contributed by atoms with Gasteiger partial charge in [-0.25, -0.2) is 9.50 Å². The maximum atomic E-state index is 12.5. The van der Waals surface area contributed by atoms with Gasteiger partial charge in [0.1, 0.15) is 11.6 Å². The first-order chi connectivity index (χ1) is 13.5. The monoisotopic (exact) mass is 388 g/mol. The minimum absolute atomic E-state index is 0.298. The number of anilines is 1. The molecule has 0 unspecified atom stereocenters. The molecule has 3 aromatic heterocycles. The third-order valence-electron chi connectivity index (χ3n) is 3.93. The van der Waals surface area contributed by atoms with Crippen LogP contribution in [0.4, 0.5) is 19.0 Å². The molecule has 0 fully saturated rings. The van der Waals surface area contributed by atoms with Crippen molar-refractivity contribution in [3.05, 3.63) is 61.1 Å². The van der Waals surface area contributed by atoms with E-state index in [1.165, 1.54) is 18.2 Å². The smallest absolute Gasteiger partial charge is 0.406 e. The highest BCUT2D eigenvalue weighted by atomic mass is 19.4. The maximum Gasteiger partial charge on any atom is 0.573 e. The second-order valence-corrected chi connectivity index (χ2v) is 5.90. The van der Waals surface area contributed by atoms with Gasteiger partial charge < -0.3 is 10.1 Å². The van der Waals surface area contributed by atoms with E-state index >= 15 is 0 Å². The number of fused-ring (bicyclic) bond motifs is 1. The van der Waals surface area contributed by atoms with E-state index in [1.54, 1.807) is 39.8 Å². The van der Waals surface area contributed by atoms with Gasteiger partial charge in [-0.1, -0.05) is 12.1 Å². The number of hydrogen-bond donors (Lipinski definition) is 1. The van der Waals surface area contributed by atoms with Crippen molar-refractivity contribution in [2.75, 3.05) is 11.9 Å². The minimum Gasteiger partial charge on any atom is -0.406 e. The summed E-state index contributed by atoms with van der Waals surface area (Å²) < 4.78 is 44.8. The lowest BCUT2D eigenvalue weighted by Gasteiger charge is -2.10. The van der Waals surface area contributed by atoms with Crippen LogP contribution in [-0.2, 0) is 6.54 Å². The molecule has 4 aromatic rings. The molecule has 0 amide bonds. The molecule has 0 radical (unpaired) electrons. The molecule has 28 heavy (non-hydrogen) atoms. The fourth-order valence-corrected chi connectivity index (χ4v) is 2.75. The van der Waals surface area contributed by atoms with Gasteiger partial charge in [0.05, 0.1) is 18.4 Å². The Bertz CT molecular complexity index is 1070. The summed E-state index contributed by atoms with van der Waals surface area (Å²) in [5, 5.41) is 11.8. The molecule has 0 spiro atoms. The Labute approximate surface area is 157 Å². The summed E-state index contributed by atoms with van der Waals surface area (Å²) >= 11 is 0. The van der Waals surface area contributed by atoms with E-state index in [1.807, 2.05) is 12.3 Å². The van der Waals surface area contributed by atoms with Crippen LogP contribution >= 0.6 is 0 Å². The van der Waals surface area contributed by atoms with Crippen LogP contribution in [-0.4, -0.2) is 37.3 Å². The molecule has 4 rings (SSSR count). The van der Waals surface area contributed by atoms with Crippen LogP contribution in [0.2, 0.25) is 0 Å². The number of alkyl halides is 3. The summed E-state index contributed by atoms with van der Waals surface area (Å²) in [6, 6.07) is 11.1. The van der Waals surface area contributed by atoms with Gasteiger partial charge in [-0.05, 0) is 30.3 Å². The molecule has 0 atom stereocenters. The molecule has 0 aliphatic heterocycles. The van der Waals surface area contributed by atoms with Crippen LogP contribution in [0.15, 0.2) is 61.1 Å². The Hall–Kier alpha value is -3.56. The van der Waals surface area contributed by atoms with Gasteiger partial charge in [-0.2, -0.15) is 5.10 Å². The Morgan fingerprint density at radius 1 is 1.11 bits per heavy atom. The van der Waals surface area contributed by atoms with E-state index in [2.05, 4.69) is 25.2 Å². The number of nitrogens with one attached hydrogen (secondary N) is 1. The number of imidazole rings is 1. The van der Waals surface area contributed by atoms with Crippen molar-refractivity contribution in [2.24, 2.45) is 0 Å². The first-order valence-corrected chi connectivity index (χ1v) is 8.40. The summed E-state index contributed by atoms with van der Waals surface area (Å²) in [4.78, 5) is 4.26. The molecule has 1 N–H and O–H groups in total. The summed E-state index contributed by atoms with van der Waals surface area (Å²) in [5.41, 5.74) is 1.64.